The number of ketones is 1. The van der Waals surface area contributed by atoms with Crippen LogP contribution in [0.25, 0.3) is 5.76 Å². The van der Waals surface area contributed by atoms with Gasteiger partial charge in [0, 0.05) is 18.3 Å². The zero-order chi connectivity index (χ0) is 21.0. The first kappa shape index (κ1) is 20.6. The summed E-state index contributed by atoms with van der Waals surface area (Å²) >= 11 is 0. The minimum atomic E-state index is -0.701. The molecule has 29 heavy (non-hydrogen) atoms. The third-order valence-corrected chi connectivity index (χ3v) is 4.68. The molecule has 1 unspecified atom stereocenters. The normalized spacial score (nSPS) is 18.5. The Hall–Kier alpha value is -3.15. The van der Waals surface area contributed by atoms with E-state index in [1.165, 1.54) is 4.90 Å². The second-order valence-corrected chi connectivity index (χ2v) is 7.48. The van der Waals surface area contributed by atoms with Crippen LogP contribution >= 0.6 is 0 Å². The lowest BCUT2D eigenvalue weighted by molar-refractivity contribution is -0.139. The van der Waals surface area contributed by atoms with Crippen molar-refractivity contribution in [2.24, 2.45) is 5.92 Å². The standard InChI is InChI=1S/C23H26N2O4/c1-4-13-25-20(18-7-5-6-12-24-18)19(22(27)23(25)28)21(26)16-8-10-17(11-9-16)29-14-15(2)3/h5-12,15,20,26H,4,13-14H2,1-3H3/b21-19-. The van der Waals surface area contributed by atoms with Crippen LogP contribution in [0.5, 0.6) is 5.75 Å². The van der Waals surface area contributed by atoms with E-state index in [1.54, 1.807) is 48.7 Å². The Bertz CT molecular complexity index is 904. The number of hydrogen-bond acceptors (Lipinski definition) is 5. The fourth-order valence-corrected chi connectivity index (χ4v) is 3.32. The number of benzene rings is 1. The minimum absolute atomic E-state index is 0.0676. The van der Waals surface area contributed by atoms with E-state index in [2.05, 4.69) is 18.8 Å². The van der Waals surface area contributed by atoms with E-state index in [0.29, 0.717) is 42.5 Å². The molecule has 0 spiro atoms. The number of likely N-dealkylation sites (tertiary alicyclic amines) is 1. The fourth-order valence-electron chi connectivity index (χ4n) is 3.32. The lowest BCUT2D eigenvalue weighted by Gasteiger charge is -2.23. The molecule has 0 radical (unpaired) electrons. The van der Waals surface area contributed by atoms with Crippen LogP contribution in [0.15, 0.2) is 54.2 Å². The quantitative estimate of drug-likeness (QED) is 0.437. The molecule has 152 valence electrons. The molecule has 1 aliphatic heterocycles. The van der Waals surface area contributed by atoms with Gasteiger partial charge in [0.1, 0.15) is 17.6 Å². The molecule has 1 aromatic heterocycles. The Morgan fingerprint density at radius 3 is 2.48 bits per heavy atom. The van der Waals surface area contributed by atoms with Crippen molar-refractivity contribution in [3.05, 3.63) is 65.5 Å². The first-order valence-corrected chi connectivity index (χ1v) is 9.86. The summed E-state index contributed by atoms with van der Waals surface area (Å²) in [5, 5.41) is 10.9. The lowest BCUT2D eigenvalue weighted by atomic mass is 9.98. The summed E-state index contributed by atoms with van der Waals surface area (Å²) in [6.07, 6.45) is 2.31. The van der Waals surface area contributed by atoms with Crippen LogP contribution in [0.2, 0.25) is 0 Å². The Morgan fingerprint density at radius 2 is 1.90 bits per heavy atom. The topological polar surface area (TPSA) is 79.7 Å². The van der Waals surface area contributed by atoms with Gasteiger partial charge in [-0.2, -0.15) is 0 Å². The van der Waals surface area contributed by atoms with Gasteiger partial charge >= 0.3 is 0 Å². The summed E-state index contributed by atoms with van der Waals surface area (Å²) in [7, 11) is 0. The molecule has 0 bridgehead atoms. The molecule has 3 rings (SSSR count). The molecule has 2 heterocycles. The van der Waals surface area contributed by atoms with Gasteiger partial charge in [-0.15, -0.1) is 0 Å². The molecule has 0 saturated carbocycles. The zero-order valence-corrected chi connectivity index (χ0v) is 17.0. The van der Waals surface area contributed by atoms with Gasteiger partial charge in [-0.1, -0.05) is 26.8 Å². The summed E-state index contributed by atoms with van der Waals surface area (Å²) in [6.45, 7) is 7.06. The molecule has 2 aromatic rings. The summed E-state index contributed by atoms with van der Waals surface area (Å²) in [6, 6.07) is 11.5. The second-order valence-electron chi connectivity index (χ2n) is 7.48. The van der Waals surface area contributed by atoms with Crippen LogP contribution in [-0.4, -0.2) is 39.8 Å². The van der Waals surface area contributed by atoms with Gasteiger partial charge < -0.3 is 14.7 Å². The molecule has 1 saturated heterocycles. The van der Waals surface area contributed by atoms with Crippen molar-refractivity contribution < 1.29 is 19.4 Å². The molecule has 6 heteroatoms. The van der Waals surface area contributed by atoms with E-state index < -0.39 is 17.7 Å². The third kappa shape index (κ3) is 4.31. The number of nitrogens with zero attached hydrogens (tertiary/aromatic N) is 2. The zero-order valence-electron chi connectivity index (χ0n) is 17.0. The van der Waals surface area contributed by atoms with Crippen molar-refractivity contribution in [1.82, 2.24) is 9.88 Å². The summed E-state index contributed by atoms with van der Waals surface area (Å²) in [4.78, 5) is 31.2. The number of aromatic nitrogens is 1. The van der Waals surface area contributed by atoms with Gasteiger partial charge in [0.05, 0.1) is 17.9 Å². The predicted octanol–water partition coefficient (Wildman–Crippen LogP) is 3.95. The number of aliphatic hydroxyl groups excluding tert-OH is 1. The average Bonchev–Trinajstić information content (AvgIpc) is 2.98. The largest absolute Gasteiger partial charge is 0.507 e. The Balaban J connectivity index is 2.01. The number of amides is 1. The van der Waals surface area contributed by atoms with E-state index in [9.17, 15) is 14.7 Å². The van der Waals surface area contributed by atoms with Crippen LogP contribution in [0.3, 0.4) is 0 Å². The number of carbonyl (C=O) groups is 2. The van der Waals surface area contributed by atoms with Gasteiger partial charge in [0.15, 0.2) is 0 Å². The van der Waals surface area contributed by atoms with Gasteiger partial charge in [-0.05, 0) is 48.7 Å². The summed E-state index contributed by atoms with van der Waals surface area (Å²) < 4.78 is 5.67. The SMILES string of the molecule is CCCN1C(=O)C(=O)/C(=C(\O)c2ccc(OCC(C)C)cc2)C1c1ccccn1. The highest BCUT2D eigenvalue weighted by Crippen LogP contribution is 2.38. The van der Waals surface area contributed by atoms with Crippen LogP contribution in [0, 0.1) is 5.92 Å². The van der Waals surface area contributed by atoms with E-state index in [1.807, 2.05) is 6.92 Å². The second kappa shape index (κ2) is 8.90. The van der Waals surface area contributed by atoms with Crippen molar-refractivity contribution in [2.45, 2.75) is 33.2 Å². The highest BCUT2D eigenvalue weighted by atomic mass is 16.5. The number of carbonyl (C=O) groups excluding carboxylic acids is 2. The molecule has 0 aliphatic carbocycles. The number of hydrogen-bond donors (Lipinski definition) is 1. The fraction of sp³-hybridized carbons (Fsp3) is 0.348. The van der Waals surface area contributed by atoms with E-state index >= 15 is 0 Å². The first-order chi connectivity index (χ1) is 13.9. The maximum absolute atomic E-state index is 12.8. The monoisotopic (exact) mass is 394 g/mol. The van der Waals surface area contributed by atoms with Crippen molar-refractivity contribution in [3.63, 3.8) is 0 Å². The number of aliphatic hydroxyl groups is 1. The highest BCUT2D eigenvalue weighted by Gasteiger charge is 2.46. The maximum atomic E-state index is 12.8. The average molecular weight is 394 g/mol. The lowest BCUT2D eigenvalue weighted by Crippen LogP contribution is -2.30. The molecule has 1 aliphatic rings. The van der Waals surface area contributed by atoms with Gasteiger partial charge in [-0.25, -0.2) is 0 Å². The molecule has 1 atom stereocenters. The van der Waals surface area contributed by atoms with Crippen molar-refractivity contribution in [3.8, 4) is 5.75 Å². The predicted molar refractivity (Wildman–Crippen MR) is 110 cm³/mol. The molecular weight excluding hydrogens is 368 g/mol. The Kier molecular flexibility index (Phi) is 6.32. The van der Waals surface area contributed by atoms with E-state index in [-0.39, 0.29) is 11.3 Å². The van der Waals surface area contributed by atoms with Crippen LogP contribution in [0.1, 0.15) is 44.5 Å². The molecule has 1 N–H and O–H groups in total. The molecule has 6 nitrogen and oxygen atoms in total. The first-order valence-electron chi connectivity index (χ1n) is 9.86. The number of ether oxygens (including phenoxy) is 1. The van der Waals surface area contributed by atoms with Crippen LogP contribution < -0.4 is 4.74 Å². The number of rotatable bonds is 7. The molecule has 1 aromatic carbocycles. The third-order valence-electron chi connectivity index (χ3n) is 4.68. The molecular formula is C23H26N2O4. The molecule has 1 amide bonds. The van der Waals surface area contributed by atoms with E-state index in [0.717, 1.165) is 0 Å². The van der Waals surface area contributed by atoms with Gasteiger partial charge in [-0.3, -0.25) is 14.6 Å². The smallest absolute Gasteiger partial charge is 0.295 e. The Morgan fingerprint density at radius 1 is 1.17 bits per heavy atom. The number of Topliss-reactive ketones (excluding diaryl/α,β-unsaturated/α-hetero) is 1. The summed E-state index contributed by atoms with van der Waals surface area (Å²) in [5.74, 6) is -0.417. The van der Waals surface area contributed by atoms with Crippen LogP contribution in [0.4, 0.5) is 0 Å². The van der Waals surface area contributed by atoms with Gasteiger partial charge in [0.25, 0.3) is 11.7 Å². The number of pyridine rings is 1. The van der Waals surface area contributed by atoms with Crippen molar-refractivity contribution in [2.75, 3.05) is 13.2 Å². The van der Waals surface area contributed by atoms with Gasteiger partial charge in [0.2, 0.25) is 0 Å². The van der Waals surface area contributed by atoms with E-state index in [4.69, 9.17) is 4.74 Å². The highest BCUT2D eigenvalue weighted by molar-refractivity contribution is 6.46. The minimum Gasteiger partial charge on any atom is -0.507 e. The molecule has 1 fully saturated rings. The van der Waals surface area contributed by atoms with Crippen molar-refractivity contribution >= 4 is 17.4 Å². The van der Waals surface area contributed by atoms with Crippen LogP contribution in [-0.2, 0) is 9.59 Å². The summed E-state index contributed by atoms with van der Waals surface area (Å²) in [5.41, 5.74) is 1.08. The maximum Gasteiger partial charge on any atom is 0.295 e. The Labute approximate surface area is 170 Å². The van der Waals surface area contributed by atoms with Crippen molar-refractivity contribution in [1.29, 1.82) is 0 Å².